The highest BCUT2D eigenvalue weighted by atomic mass is 32.2. The van der Waals surface area contributed by atoms with E-state index in [0.717, 1.165) is 54.4 Å². The van der Waals surface area contributed by atoms with Gasteiger partial charge in [-0.25, -0.2) is 0 Å². The summed E-state index contributed by atoms with van der Waals surface area (Å²) in [4.78, 5) is 2.50. The fraction of sp³-hybridized carbons (Fsp3) is 0.417. The van der Waals surface area contributed by atoms with Gasteiger partial charge in [0.25, 0.3) is 0 Å². The van der Waals surface area contributed by atoms with Crippen LogP contribution in [0.4, 0.5) is 0 Å². The van der Waals surface area contributed by atoms with Crippen LogP contribution in [0.5, 0.6) is 11.5 Å². The molecule has 1 fully saturated rings. The Hall–Kier alpha value is -2.51. The second kappa shape index (κ2) is 11.2. The molecule has 0 saturated carbocycles. The van der Waals surface area contributed by atoms with Crippen molar-refractivity contribution in [3.63, 3.8) is 0 Å². The van der Waals surface area contributed by atoms with Crippen LogP contribution in [0.1, 0.15) is 30.7 Å². The minimum atomic E-state index is 0.608. The van der Waals surface area contributed by atoms with Crippen LogP contribution in [0.25, 0.3) is 0 Å². The van der Waals surface area contributed by atoms with Crippen molar-refractivity contribution in [3.8, 4) is 11.5 Å². The van der Waals surface area contributed by atoms with Gasteiger partial charge in [0.15, 0.2) is 5.16 Å². The standard InChI is InChI=1S/C24H30N4O2S/c1-29-21-10-12-22(13-11-21)30-16-17-31-24-26-25-23(19-27-14-6-3-7-15-27)28(24)18-20-8-4-2-5-9-20/h2,4-5,8-13H,3,6-7,14-19H2,1H3. The van der Waals surface area contributed by atoms with E-state index in [4.69, 9.17) is 9.47 Å². The lowest BCUT2D eigenvalue weighted by molar-refractivity contribution is 0.213. The molecule has 0 aliphatic carbocycles. The van der Waals surface area contributed by atoms with Crippen molar-refractivity contribution in [2.75, 3.05) is 32.6 Å². The minimum absolute atomic E-state index is 0.608. The Morgan fingerprint density at radius 1 is 0.871 bits per heavy atom. The smallest absolute Gasteiger partial charge is 0.191 e. The first kappa shape index (κ1) is 21.7. The number of rotatable bonds is 10. The highest BCUT2D eigenvalue weighted by molar-refractivity contribution is 7.99. The molecule has 1 aromatic heterocycles. The first-order valence-electron chi connectivity index (χ1n) is 10.9. The van der Waals surface area contributed by atoms with E-state index in [-0.39, 0.29) is 0 Å². The van der Waals surface area contributed by atoms with E-state index in [1.54, 1.807) is 18.9 Å². The van der Waals surface area contributed by atoms with Crippen LogP contribution >= 0.6 is 11.8 Å². The zero-order valence-corrected chi connectivity index (χ0v) is 18.9. The van der Waals surface area contributed by atoms with E-state index in [1.807, 2.05) is 24.3 Å². The molecule has 1 aliphatic heterocycles. The number of aromatic nitrogens is 3. The molecule has 164 valence electrons. The third-order valence-electron chi connectivity index (χ3n) is 5.43. The van der Waals surface area contributed by atoms with E-state index in [0.29, 0.717) is 6.61 Å². The SMILES string of the molecule is COc1ccc(OCCSc2nnc(CN3CCCCC3)n2Cc2ccccc2)cc1. The Kier molecular flexibility index (Phi) is 7.85. The predicted molar refractivity (Wildman–Crippen MR) is 124 cm³/mol. The van der Waals surface area contributed by atoms with Crippen LogP contribution in [0.15, 0.2) is 59.8 Å². The summed E-state index contributed by atoms with van der Waals surface area (Å²) in [5, 5.41) is 10.0. The van der Waals surface area contributed by atoms with Gasteiger partial charge >= 0.3 is 0 Å². The molecule has 1 saturated heterocycles. The molecule has 0 amide bonds. The van der Waals surface area contributed by atoms with Gasteiger partial charge in [-0.1, -0.05) is 48.5 Å². The summed E-state index contributed by atoms with van der Waals surface area (Å²) in [6, 6.07) is 18.2. The van der Waals surface area contributed by atoms with E-state index < -0.39 is 0 Å². The van der Waals surface area contributed by atoms with Gasteiger partial charge in [-0.3, -0.25) is 4.90 Å². The number of piperidine rings is 1. The second-order valence-electron chi connectivity index (χ2n) is 7.68. The zero-order chi connectivity index (χ0) is 21.3. The molecule has 0 N–H and O–H groups in total. The van der Waals surface area contributed by atoms with Crippen LogP contribution in [0.3, 0.4) is 0 Å². The molecule has 6 nitrogen and oxygen atoms in total. The number of thioether (sulfide) groups is 1. The molecular formula is C24H30N4O2S. The molecule has 31 heavy (non-hydrogen) atoms. The highest BCUT2D eigenvalue weighted by Gasteiger charge is 2.18. The summed E-state index contributed by atoms with van der Waals surface area (Å²) >= 11 is 1.70. The highest BCUT2D eigenvalue weighted by Crippen LogP contribution is 2.22. The van der Waals surface area contributed by atoms with Crippen LogP contribution in [0.2, 0.25) is 0 Å². The zero-order valence-electron chi connectivity index (χ0n) is 18.1. The molecule has 0 spiro atoms. The summed E-state index contributed by atoms with van der Waals surface area (Å²) in [7, 11) is 1.66. The lowest BCUT2D eigenvalue weighted by Crippen LogP contribution is -2.30. The van der Waals surface area contributed by atoms with E-state index in [9.17, 15) is 0 Å². The Bertz CT molecular complexity index is 925. The number of hydrogen-bond acceptors (Lipinski definition) is 6. The number of benzene rings is 2. The lowest BCUT2D eigenvalue weighted by atomic mass is 10.1. The van der Waals surface area contributed by atoms with Crippen LogP contribution in [0, 0.1) is 0 Å². The van der Waals surface area contributed by atoms with Crippen molar-refractivity contribution in [1.82, 2.24) is 19.7 Å². The first-order valence-corrected chi connectivity index (χ1v) is 11.9. The lowest BCUT2D eigenvalue weighted by Gasteiger charge is -2.26. The molecule has 0 bridgehead atoms. The van der Waals surface area contributed by atoms with Gasteiger partial charge in [-0.2, -0.15) is 0 Å². The quantitative estimate of drug-likeness (QED) is 0.343. The molecule has 2 aromatic carbocycles. The van der Waals surface area contributed by atoms with Crippen LogP contribution < -0.4 is 9.47 Å². The van der Waals surface area contributed by atoms with E-state index >= 15 is 0 Å². The maximum Gasteiger partial charge on any atom is 0.191 e. The van der Waals surface area contributed by atoms with Gasteiger partial charge in [-0.15, -0.1) is 10.2 Å². The topological polar surface area (TPSA) is 52.4 Å². The maximum absolute atomic E-state index is 5.87. The predicted octanol–water partition coefficient (Wildman–Crippen LogP) is 4.49. The number of hydrogen-bond donors (Lipinski definition) is 0. The monoisotopic (exact) mass is 438 g/mol. The maximum atomic E-state index is 5.87. The Labute approximate surface area is 188 Å². The average molecular weight is 439 g/mol. The van der Waals surface area contributed by atoms with E-state index in [2.05, 4.69) is 50.0 Å². The summed E-state index contributed by atoms with van der Waals surface area (Å²) in [6.07, 6.45) is 3.89. The van der Waals surface area contributed by atoms with Gasteiger partial charge in [0, 0.05) is 5.75 Å². The van der Waals surface area contributed by atoms with Crippen molar-refractivity contribution >= 4 is 11.8 Å². The van der Waals surface area contributed by atoms with Gasteiger partial charge < -0.3 is 14.0 Å². The van der Waals surface area contributed by atoms with Gasteiger partial charge in [0.1, 0.15) is 17.3 Å². The number of ether oxygens (including phenoxy) is 2. The molecule has 3 aromatic rings. The molecule has 4 rings (SSSR count). The number of likely N-dealkylation sites (tertiary alicyclic amines) is 1. The van der Waals surface area contributed by atoms with Crippen molar-refractivity contribution in [3.05, 3.63) is 66.0 Å². The van der Waals surface area contributed by atoms with Crippen LogP contribution in [-0.2, 0) is 13.1 Å². The normalized spacial score (nSPS) is 14.5. The van der Waals surface area contributed by atoms with Crippen molar-refractivity contribution in [1.29, 1.82) is 0 Å². The van der Waals surface area contributed by atoms with Gasteiger partial charge in [0.05, 0.1) is 26.8 Å². The number of nitrogens with zero attached hydrogens (tertiary/aromatic N) is 4. The average Bonchev–Trinajstić information content (AvgIpc) is 3.19. The first-order chi connectivity index (χ1) is 15.3. The fourth-order valence-corrected chi connectivity index (χ4v) is 4.52. The summed E-state index contributed by atoms with van der Waals surface area (Å²) in [5.74, 6) is 3.53. The summed E-state index contributed by atoms with van der Waals surface area (Å²) in [5.41, 5.74) is 1.26. The molecule has 0 atom stereocenters. The fourth-order valence-electron chi connectivity index (χ4n) is 3.75. The number of methoxy groups -OCH3 is 1. The molecule has 0 unspecified atom stereocenters. The molecule has 0 radical (unpaired) electrons. The Balaban J connectivity index is 1.39. The largest absolute Gasteiger partial charge is 0.497 e. The van der Waals surface area contributed by atoms with Crippen molar-refractivity contribution in [2.45, 2.75) is 37.5 Å². The third-order valence-corrected chi connectivity index (χ3v) is 6.36. The minimum Gasteiger partial charge on any atom is -0.497 e. The van der Waals surface area contributed by atoms with Crippen LogP contribution in [-0.4, -0.2) is 52.2 Å². The molecule has 7 heteroatoms. The Morgan fingerprint density at radius 3 is 2.35 bits per heavy atom. The Morgan fingerprint density at radius 2 is 1.61 bits per heavy atom. The van der Waals surface area contributed by atoms with Crippen molar-refractivity contribution in [2.24, 2.45) is 0 Å². The summed E-state index contributed by atoms with van der Waals surface area (Å²) in [6.45, 7) is 4.56. The second-order valence-corrected chi connectivity index (χ2v) is 8.74. The van der Waals surface area contributed by atoms with E-state index in [1.165, 1.54) is 24.8 Å². The van der Waals surface area contributed by atoms with Gasteiger partial charge in [0.2, 0.25) is 0 Å². The van der Waals surface area contributed by atoms with Gasteiger partial charge in [-0.05, 0) is 55.8 Å². The third kappa shape index (κ3) is 6.24. The molecular weight excluding hydrogens is 408 g/mol. The summed E-state index contributed by atoms with van der Waals surface area (Å²) < 4.78 is 13.3. The van der Waals surface area contributed by atoms with Crippen molar-refractivity contribution < 1.29 is 9.47 Å². The molecule has 2 heterocycles. The molecule has 1 aliphatic rings.